The number of halogens is 4. The van der Waals surface area contributed by atoms with Gasteiger partial charge in [-0.1, -0.05) is 0 Å². The molecule has 0 aliphatic rings. The summed E-state index contributed by atoms with van der Waals surface area (Å²) in [4.78, 5) is 10.9. The van der Waals surface area contributed by atoms with Crippen LogP contribution in [0.2, 0.25) is 0 Å². The van der Waals surface area contributed by atoms with E-state index in [2.05, 4.69) is 0 Å². The van der Waals surface area contributed by atoms with Gasteiger partial charge in [0.2, 0.25) is 0 Å². The average molecular weight is 276 g/mol. The molecule has 0 heterocycles. The zero-order valence-electron chi connectivity index (χ0n) is 9.37. The van der Waals surface area contributed by atoms with Crippen LogP contribution in [0.3, 0.4) is 0 Å². The Morgan fingerprint density at radius 2 is 1.95 bits per heavy atom. The minimum absolute atomic E-state index is 0.0883. The predicted molar refractivity (Wildman–Crippen MR) is 57.1 cm³/mol. The average Bonchev–Trinajstić information content (AvgIpc) is 2.37. The van der Waals surface area contributed by atoms with Gasteiger partial charge in [0.05, 0.1) is 0 Å². The second-order valence-corrected chi connectivity index (χ2v) is 3.35. The second-order valence-electron chi connectivity index (χ2n) is 3.35. The van der Waals surface area contributed by atoms with Crippen LogP contribution < -0.4 is 10.1 Å². The topological polar surface area (TPSA) is 62.1 Å². The van der Waals surface area contributed by atoms with Gasteiger partial charge in [-0.05, 0) is 24.3 Å². The van der Waals surface area contributed by atoms with Crippen LogP contribution in [0, 0.1) is 11.3 Å². The zero-order chi connectivity index (χ0) is 14.5. The van der Waals surface area contributed by atoms with E-state index in [1.807, 2.05) is 0 Å². The smallest absolute Gasteiger partial charge is 0.383 e. The SMILES string of the molecule is N#CCOc1ccc(NC(=O)C(F)(F)C(F)F)cc1. The Labute approximate surface area is 105 Å². The molecule has 0 atom stereocenters. The van der Waals surface area contributed by atoms with Gasteiger partial charge in [0, 0.05) is 5.69 Å². The maximum atomic E-state index is 12.6. The van der Waals surface area contributed by atoms with Gasteiger partial charge in [0.1, 0.15) is 11.8 Å². The Kier molecular flexibility index (Phi) is 4.69. The first kappa shape index (κ1) is 14.8. The molecule has 1 amide bonds. The highest BCUT2D eigenvalue weighted by molar-refractivity contribution is 5.96. The van der Waals surface area contributed by atoms with Crippen LogP contribution in [0.25, 0.3) is 0 Å². The summed E-state index contributed by atoms with van der Waals surface area (Å²) in [6, 6.07) is 6.69. The summed E-state index contributed by atoms with van der Waals surface area (Å²) in [5.41, 5.74) is -0.0883. The van der Waals surface area contributed by atoms with Crippen molar-refractivity contribution in [1.29, 1.82) is 5.26 Å². The lowest BCUT2D eigenvalue weighted by Gasteiger charge is -2.14. The number of hydrogen-bond acceptors (Lipinski definition) is 3. The van der Waals surface area contributed by atoms with E-state index in [1.54, 1.807) is 11.4 Å². The second kappa shape index (κ2) is 6.04. The summed E-state index contributed by atoms with van der Waals surface area (Å²) in [6.07, 6.45) is -4.08. The number of nitrogens with one attached hydrogen (secondary N) is 1. The van der Waals surface area contributed by atoms with Crippen molar-refractivity contribution in [3.05, 3.63) is 24.3 Å². The van der Waals surface area contributed by atoms with Gasteiger partial charge in [-0.25, -0.2) is 8.78 Å². The van der Waals surface area contributed by atoms with E-state index >= 15 is 0 Å². The molecule has 0 saturated carbocycles. The Bertz CT molecular complexity index is 482. The van der Waals surface area contributed by atoms with Gasteiger partial charge in [0.25, 0.3) is 0 Å². The molecule has 1 aromatic rings. The third kappa shape index (κ3) is 3.84. The molecule has 0 spiro atoms. The molecule has 0 saturated heterocycles. The summed E-state index contributed by atoms with van der Waals surface area (Å²) in [5, 5.41) is 9.91. The van der Waals surface area contributed by atoms with Crippen molar-refractivity contribution < 1.29 is 27.1 Å². The first-order valence-corrected chi connectivity index (χ1v) is 4.95. The normalized spacial score (nSPS) is 10.9. The molecule has 0 radical (unpaired) electrons. The molecule has 0 aliphatic heterocycles. The summed E-state index contributed by atoms with van der Waals surface area (Å²) in [6.45, 7) is -0.199. The van der Waals surface area contributed by atoms with Gasteiger partial charge in [-0.15, -0.1) is 0 Å². The van der Waals surface area contributed by atoms with Crippen LogP contribution in [0.5, 0.6) is 5.75 Å². The van der Waals surface area contributed by atoms with E-state index in [0.29, 0.717) is 0 Å². The number of benzene rings is 1. The molecule has 0 aliphatic carbocycles. The number of hydrogen-bond donors (Lipinski definition) is 1. The number of ether oxygens (including phenoxy) is 1. The quantitative estimate of drug-likeness (QED) is 0.840. The summed E-state index contributed by atoms with van der Waals surface area (Å²) < 4.78 is 54.0. The number of carbonyl (C=O) groups excluding carboxylic acids is 1. The molecule has 8 heteroatoms. The lowest BCUT2D eigenvalue weighted by atomic mass is 10.2. The first-order valence-electron chi connectivity index (χ1n) is 4.95. The standard InChI is InChI=1S/C11H8F4N2O2/c12-9(13)11(14,15)10(18)17-7-1-3-8(4-2-7)19-6-5-16/h1-4,9H,6H2,(H,17,18). The number of carbonyl (C=O) groups is 1. The van der Waals surface area contributed by atoms with E-state index in [1.165, 1.54) is 24.3 Å². The van der Waals surface area contributed by atoms with Gasteiger partial charge in [0.15, 0.2) is 6.61 Å². The largest absolute Gasteiger partial charge is 0.479 e. The Balaban J connectivity index is 2.68. The van der Waals surface area contributed by atoms with Gasteiger partial charge >= 0.3 is 18.3 Å². The molecule has 4 nitrogen and oxygen atoms in total. The van der Waals surface area contributed by atoms with Crippen molar-refractivity contribution in [2.75, 3.05) is 11.9 Å². The number of alkyl halides is 4. The lowest BCUT2D eigenvalue weighted by molar-refractivity contribution is -0.163. The molecule has 0 fully saturated rings. The number of rotatable bonds is 5. The fourth-order valence-electron chi connectivity index (χ4n) is 1.06. The minimum atomic E-state index is -4.75. The Morgan fingerprint density at radius 3 is 2.42 bits per heavy atom. The third-order valence-electron chi connectivity index (χ3n) is 1.99. The van der Waals surface area contributed by atoms with Gasteiger partial charge in [-0.3, -0.25) is 4.79 Å². The van der Waals surface area contributed by atoms with Gasteiger partial charge in [-0.2, -0.15) is 14.0 Å². The van der Waals surface area contributed by atoms with E-state index < -0.39 is 18.3 Å². The lowest BCUT2D eigenvalue weighted by Crippen LogP contribution is -2.40. The van der Waals surface area contributed by atoms with Crippen molar-refractivity contribution in [3.8, 4) is 11.8 Å². The van der Waals surface area contributed by atoms with E-state index in [-0.39, 0.29) is 18.0 Å². The number of nitrogens with zero attached hydrogens (tertiary/aromatic N) is 1. The zero-order valence-corrected chi connectivity index (χ0v) is 9.37. The summed E-state index contributed by atoms with van der Waals surface area (Å²) in [7, 11) is 0. The van der Waals surface area contributed by atoms with Gasteiger partial charge < -0.3 is 10.1 Å². The number of nitriles is 1. The molecule has 102 valence electrons. The van der Waals surface area contributed by atoms with Crippen molar-refractivity contribution in [2.45, 2.75) is 12.3 Å². The highest BCUT2D eigenvalue weighted by Gasteiger charge is 2.48. The van der Waals surface area contributed by atoms with E-state index in [0.717, 1.165) is 0 Å². The van der Waals surface area contributed by atoms with Crippen molar-refractivity contribution >= 4 is 11.6 Å². The molecule has 1 aromatic carbocycles. The monoisotopic (exact) mass is 276 g/mol. The number of anilines is 1. The predicted octanol–water partition coefficient (Wildman–Crippen LogP) is 2.43. The van der Waals surface area contributed by atoms with Crippen molar-refractivity contribution in [1.82, 2.24) is 0 Å². The number of amides is 1. The first-order chi connectivity index (χ1) is 8.87. The molecular weight excluding hydrogens is 268 g/mol. The molecule has 0 aromatic heterocycles. The Hall–Kier alpha value is -2.30. The molecule has 0 bridgehead atoms. The molecule has 0 unspecified atom stereocenters. The van der Waals surface area contributed by atoms with Crippen LogP contribution in [0.15, 0.2) is 24.3 Å². The van der Waals surface area contributed by atoms with E-state index in [4.69, 9.17) is 10.00 Å². The molecule has 19 heavy (non-hydrogen) atoms. The maximum Gasteiger partial charge on any atom is 0.383 e. The van der Waals surface area contributed by atoms with Crippen LogP contribution >= 0.6 is 0 Å². The highest BCUT2D eigenvalue weighted by atomic mass is 19.3. The van der Waals surface area contributed by atoms with Crippen LogP contribution in [0.4, 0.5) is 23.2 Å². The van der Waals surface area contributed by atoms with Crippen LogP contribution in [-0.4, -0.2) is 24.9 Å². The summed E-state index contributed by atoms with van der Waals surface area (Å²) in [5.74, 6) is -6.57. The summed E-state index contributed by atoms with van der Waals surface area (Å²) >= 11 is 0. The fraction of sp³-hybridized carbons (Fsp3) is 0.273. The highest BCUT2D eigenvalue weighted by Crippen LogP contribution is 2.25. The van der Waals surface area contributed by atoms with Crippen molar-refractivity contribution in [3.63, 3.8) is 0 Å². The minimum Gasteiger partial charge on any atom is -0.479 e. The third-order valence-corrected chi connectivity index (χ3v) is 1.99. The molecule has 1 rings (SSSR count). The van der Waals surface area contributed by atoms with Crippen molar-refractivity contribution in [2.24, 2.45) is 0 Å². The van der Waals surface area contributed by atoms with Crippen LogP contribution in [-0.2, 0) is 4.79 Å². The Morgan fingerprint density at radius 1 is 1.37 bits per heavy atom. The molecule has 1 N–H and O–H groups in total. The maximum absolute atomic E-state index is 12.6. The van der Waals surface area contributed by atoms with E-state index in [9.17, 15) is 22.4 Å². The van der Waals surface area contributed by atoms with Crippen LogP contribution in [0.1, 0.15) is 0 Å². The molecular formula is C11H8F4N2O2. The fourth-order valence-corrected chi connectivity index (χ4v) is 1.06.